The van der Waals surface area contributed by atoms with E-state index >= 15 is 0 Å². The second kappa shape index (κ2) is 8.71. The summed E-state index contributed by atoms with van der Waals surface area (Å²) in [6.45, 7) is 8.99. The van der Waals surface area contributed by atoms with Crippen molar-refractivity contribution in [3.05, 3.63) is 52.4 Å². The van der Waals surface area contributed by atoms with Crippen molar-refractivity contribution in [2.45, 2.75) is 45.4 Å². The van der Waals surface area contributed by atoms with E-state index < -0.39 is 0 Å². The highest BCUT2D eigenvalue weighted by Crippen LogP contribution is 2.27. The highest BCUT2D eigenvalue weighted by atomic mass is 32.2. The van der Waals surface area contributed by atoms with Crippen molar-refractivity contribution in [2.24, 2.45) is 0 Å². The van der Waals surface area contributed by atoms with Gasteiger partial charge in [0.15, 0.2) is 11.0 Å². The normalized spacial score (nSPS) is 12.1. The largest absolute Gasteiger partial charge is 0.349 e. The van der Waals surface area contributed by atoms with E-state index in [0.717, 1.165) is 28.0 Å². The summed E-state index contributed by atoms with van der Waals surface area (Å²) in [5.41, 5.74) is 3.54. The van der Waals surface area contributed by atoms with Gasteiger partial charge in [0.25, 0.3) is 0 Å². The fraction of sp³-hybridized carbons (Fsp3) is 0.350. The number of amides is 1. The molecule has 0 aliphatic heterocycles. The van der Waals surface area contributed by atoms with Crippen molar-refractivity contribution in [3.8, 4) is 10.7 Å². The number of rotatable bonds is 7. The van der Waals surface area contributed by atoms with Crippen LogP contribution in [0.1, 0.15) is 36.6 Å². The van der Waals surface area contributed by atoms with E-state index in [4.69, 9.17) is 0 Å². The molecule has 7 heteroatoms. The van der Waals surface area contributed by atoms with Crippen LogP contribution in [0.3, 0.4) is 0 Å². The fourth-order valence-corrected chi connectivity index (χ4v) is 4.52. The lowest BCUT2D eigenvalue weighted by molar-refractivity contribution is -0.119. The van der Waals surface area contributed by atoms with E-state index in [1.165, 1.54) is 22.9 Å². The van der Waals surface area contributed by atoms with E-state index in [-0.39, 0.29) is 11.9 Å². The summed E-state index contributed by atoms with van der Waals surface area (Å²) in [5.74, 6) is 1.17. The van der Waals surface area contributed by atoms with Crippen molar-refractivity contribution in [1.82, 2.24) is 20.1 Å². The second-order valence-electron chi connectivity index (χ2n) is 6.47. The zero-order valence-corrected chi connectivity index (χ0v) is 17.7. The van der Waals surface area contributed by atoms with Crippen LogP contribution in [0.15, 0.2) is 40.9 Å². The number of carbonyl (C=O) groups is 1. The van der Waals surface area contributed by atoms with E-state index in [0.29, 0.717) is 5.75 Å². The van der Waals surface area contributed by atoms with Gasteiger partial charge in [-0.05, 0) is 50.3 Å². The first-order valence-corrected chi connectivity index (χ1v) is 10.8. The van der Waals surface area contributed by atoms with Gasteiger partial charge in [-0.1, -0.05) is 41.6 Å². The molecule has 0 bridgehead atoms. The minimum absolute atomic E-state index is 0.00303. The van der Waals surface area contributed by atoms with Crippen LogP contribution in [-0.4, -0.2) is 26.4 Å². The third-order valence-electron chi connectivity index (χ3n) is 4.39. The molecule has 0 saturated heterocycles. The summed E-state index contributed by atoms with van der Waals surface area (Å²) in [5, 5.41) is 14.5. The number of hydrogen-bond donors (Lipinski definition) is 1. The van der Waals surface area contributed by atoms with Gasteiger partial charge in [0.2, 0.25) is 5.91 Å². The quantitative estimate of drug-likeness (QED) is 0.588. The predicted molar refractivity (Wildman–Crippen MR) is 112 cm³/mol. The van der Waals surface area contributed by atoms with Crippen LogP contribution in [0.5, 0.6) is 0 Å². The first-order chi connectivity index (χ1) is 13.0. The Bertz CT molecular complexity index is 918. The first-order valence-electron chi connectivity index (χ1n) is 8.96. The number of nitrogens with one attached hydrogen (secondary N) is 1. The van der Waals surface area contributed by atoms with Crippen molar-refractivity contribution >= 4 is 29.0 Å². The minimum atomic E-state index is -0.0243. The topological polar surface area (TPSA) is 59.8 Å². The maximum Gasteiger partial charge on any atom is 0.230 e. The molecule has 3 rings (SSSR count). The Morgan fingerprint density at radius 1 is 1.30 bits per heavy atom. The summed E-state index contributed by atoms with van der Waals surface area (Å²) in [6, 6.07) is 10.3. The van der Waals surface area contributed by atoms with Crippen molar-refractivity contribution in [2.75, 3.05) is 5.75 Å². The zero-order chi connectivity index (χ0) is 19.4. The Morgan fingerprint density at radius 2 is 2.11 bits per heavy atom. The molecule has 1 atom stereocenters. The number of hydrogen-bond acceptors (Lipinski definition) is 5. The van der Waals surface area contributed by atoms with Crippen LogP contribution >= 0.6 is 23.1 Å². The molecule has 1 unspecified atom stereocenters. The SMILES string of the molecule is CCn1c(SCC(=O)NC(C)c2cc(C)ccc2C)nnc1-c1cccs1. The van der Waals surface area contributed by atoms with Gasteiger partial charge in [0.05, 0.1) is 16.7 Å². The maximum atomic E-state index is 12.4. The number of benzene rings is 1. The summed E-state index contributed by atoms with van der Waals surface area (Å²) in [6.07, 6.45) is 0. The molecule has 1 N–H and O–H groups in total. The van der Waals surface area contributed by atoms with Gasteiger partial charge in [-0.3, -0.25) is 4.79 Å². The number of carbonyl (C=O) groups excluding carboxylic acids is 1. The Morgan fingerprint density at radius 3 is 2.81 bits per heavy atom. The zero-order valence-electron chi connectivity index (χ0n) is 16.0. The lowest BCUT2D eigenvalue weighted by Crippen LogP contribution is -2.28. The van der Waals surface area contributed by atoms with Gasteiger partial charge in [-0.2, -0.15) is 0 Å². The van der Waals surface area contributed by atoms with Crippen LogP contribution in [0.25, 0.3) is 10.7 Å². The molecular weight excluding hydrogens is 376 g/mol. The maximum absolute atomic E-state index is 12.4. The average molecular weight is 401 g/mol. The number of aromatic nitrogens is 3. The van der Waals surface area contributed by atoms with Crippen LogP contribution in [0.2, 0.25) is 0 Å². The molecule has 3 aromatic rings. The highest BCUT2D eigenvalue weighted by Gasteiger charge is 2.17. The predicted octanol–water partition coefficient (Wildman–Crippen LogP) is 4.61. The first kappa shape index (κ1) is 19.6. The van der Waals surface area contributed by atoms with E-state index in [1.54, 1.807) is 11.3 Å². The van der Waals surface area contributed by atoms with Crippen LogP contribution in [0.4, 0.5) is 0 Å². The van der Waals surface area contributed by atoms with Crippen LogP contribution in [-0.2, 0) is 11.3 Å². The van der Waals surface area contributed by atoms with Crippen LogP contribution < -0.4 is 5.32 Å². The molecule has 0 radical (unpaired) electrons. The van der Waals surface area contributed by atoms with Crippen molar-refractivity contribution in [1.29, 1.82) is 0 Å². The Labute approximate surface area is 168 Å². The smallest absolute Gasteiger partial charge is 0.230 e. The standard InChI is InChI=1S/C20H24N4OS2/c1-5-24-19(17-7-6-10-26-17)22-23-20(24)27-12-18(25)21-15(4)16-11-13(2)8-9-14(16)3/h6-11,15H,5,12H2,1-4H3,(H,21,25). The molecule has 2 heterocycles. The molecule has 0 saturated carbocycles. The third-order valence-corrected chi connectivity index (χ3v) is 6.22. The van der Waals surface area contributed by atoms with Gasteiger partial charge in [0, 0.05) is 6.54 Å². The fourth-order valence-electron chi connectivity index (χ4n) is 2.99. The van der Waals surface area contributed by atoms with Crippen molar-refractivity contribution in [3.63, 3.8) is 0 Å². The molecule has 0 aliphatic rings. The number of aryl methyl sites for hydroxylation is 2. The summed E-state index contributed by atoms with van der Waals surface area (Å²) < 4.78 is 2.05. The molecule has 0 spiro atoms. The van der Waals surface area contributed by atoms with E-state index in [1.807, 2.05) is 24.4 Å². The Kier molecular flexibility index (Phi) is 6.34. The lowest BCUT2D eigenvalue weighted by atomic mass is 10.00. The summed E-state index contributed by atoms with van der Waals surface area (Å²) in [7, 11) is 0. The third kappa shape index (κ3) is 4.59. The van der Waals surface area contributed by atoms with Gasteiger partial charge >= 0.3 is 0 Å². The minimum Gasteiger partial charge on any atom is -0.349 e. The molecule has 1 amide bonds. The number of nitrogens with zero attached hydrogens (tertiary/aromatic N) is 3. The van der Waals surface area contributed by atoms with Crippen LogP contribution in [0, 0.1) is 13.8 Å². The molecule has 142 valence electrons. The molecular formula is C20H24N4OS2. The lowest BCUT2D eigenvalue weighted by Gasteiger charge is -2.17. The monoisotopic (exact) mass is 400 g/mol. The molecule has 2 aromatic heterocycles. The molecule has 0 fully saturated rings. The Balaban J connectivity index is 1.63. The Hall–Kier alpha value is -2.12. The van der Waals surface area contributed by atoms with Gasteiger partial charge in [0.1, 0.15) is 0 Å². The molecule has 5 nitrogen and oxygen atoms in total. The second-order valence-corrected chi connectivity index (χ2v) is 8.36. The number of thioether (sulfide) groups is 1. The van der Waals surface area contributed by atoms with Crippen molar-refractivity contribution < 1.29 is 4.79 Å². The molecule has 0 aliphatic carbocycles. The van der Waals surface area contributed by atoms with Gasteiger partial charge in [-0.25, -0.2) is 0 Å². The van der Waals surface area contributed by atoms with Gasteiger partial charge in [-0.15, -0.1) is 21.5 Å². The van der Waals surface area contributed by atoms with E-state index in [9.17, 15) is 4.79 Å². The molecule has 1 aromatic carbocycles. The molecule has 27 heavy (non-hydrogen) atoms. The van der Waals surface area contributed by atoms with E-state index in [2.05, 4.69) is 59.1 Å². The summed E-state index contributed by atoms with van der Waals surface area (Å²) in [4.78, 5) is 13.5. The number of thiophene rings is 1. The summed E-state index contributed by atoms with van der Waals surface area (Å²) >= 11 is 3.06. The van der Waals surface area contributed by atoms with Gasteiger partial charge < -0.3 is 9.88 Å². The highest BCUT2D eigenvalue weighted by molar-refractivity contribution is 7.99. The average Bonchev–Trinajstić information content (AvgIpc) is 3.30.